The summed E-state index contributed by atoms with van der Waals surface area (Å²) < 4.78 is 0. The van der Waals surface area contributed by atoms with Crippen LogP contribution >= 0.6 is 0 Å². The van der Waals surface area contributed by atoms with Crippen molar-refractivity contribution in [2.45, 2.75) is 222 Å². The van der Waals surface area contributed by atoms with Crippen molar-refractivity contribution in [1.82, 2.24) is 0 Å². The summed E-state index contributed by atoms with van der Waals surface area (Å²) in [6.45, 7) is 65.2. The van der Waals surface area contributed by atoms with Gasteiger partial charge in [0.25, 0.3) is 0 Å². The van der Waals surface area contributed by atoms with Gasteiger partial charge in [0.2, 0.25) is 0 Å². The van der Waals surface area contributed by atoms with Gasteiger partial charge in [-0.25, -0.2) is 0 Å². The first-order chi connectivity index (χ1) is 44.7. The fraction of sp³-hybridized carbons (Fsp3) is 0.348. The van der Waals surface area contributed by atoms with E-state index in [1.165, 1.54) is 121 Å². The maximum absolute atomic E-state index is 2.27. The van der Waals surface area contributed by atoms with Crippen molar-refractivity contribution in [2.75, 3.05) is 0 Å². The van der Waals surface area contributed by atoms with Crippen LogP contribution in [-0.2, 0) is 0 Å². The van der Waals surface area contributed by atoms with E-state index >= 15 is 0 Å². The van der Waals surface area contributed by atoms with Gasteiger partial charge >= 0.3 is 0 Å². The zero-order valence-corrected chi connectivity index (χ0v) is 64.9. The molecular formula is C92H134. The molecule has 0 aromatic heterocycles. The van der Waals surface area contributed by atoms with Gasteiger partial charge in [0, 0.05) is 0 Å². The van der Waals surface area contributed by atoms with Crippen molar-refractivity contribution in [2.24, 2.45) is 0 Å². The zero-order valence-electron chi connectivity index (χ0n) is 64.9. The molecule has 92 heavy (non-hydrogen) atoms. The quantitative estimate of drug-likeness (QED) is 0.155. The fourth-order valence-electron chi connectivity index (χ4n) is 8.20. The van der Waals surface area contributed by atoms with Crippen molar-refractivity contribution >= 4 is 32.3 Å². The lowest BCUT2D eigenvalue weighted by Gasteiger charge is -2.06. The SMILES string of the molecule is CC.CC.CC.CC.CC.CC.CC.CC.CC.CC.CC.Cc1ccc(-c2ccc(-c3ccc(C)cc3)cc2)cc1.Cc1ccc(-c2ccc(C)cc2)cc1.Cc1ccc(C)cc1.Cc1ccc2cc(C)ccc2c1.Cc1ccc2cc3cc(C)ccc3cc2c1. The van der Waals surface area contributed by atoms with Gasteiger partial charge in [-0.15, -0.1) is 0 Å². The third-order valence-electron chi connectivity index (χ3n) is 12.6. The van der Waals surface area contributed by atoms with Crippen LogP contribution < -0.4 is 0 Å². The highest BCUT2D eigenvalue weighted by Crippen LogP contribution is 2.27. The second-order valence-corrected chi connectivity index (χ2v) is 19.1. The van der Waals surface area contributed by atoms with Crippen molar-refractivity contribution in [3.05, 3.63) is 286 Å². The molecule has 0 nitrogen and oxygen atoms in total. The van der Waals surface area contributed by atoms with Gasteiger partial charge in [0.05, 0.1) is 0 Å². The van der Waals surface area contributed by atoms with Crippen molar-refractivity contribution < 1.29 is 0 Å². The van der Waals surface area contributed by atoms with Gasteiger partial charge in [-0.1, -0.05) is 426 Å². The molecular weight excluding hydrogens is 1110 g/mol. The molecule has 0 N–H and O–H groups in total. The average Bonchev–Trinajstić information content (AvgIpc) is 0.818. The molecule has 0 fully saturated rings. The molecule has 0 atom stereocenters. The van der Waals surface area contributed by atoms with Gasteiger partial charge in [-0.3, -0.25) is 0 Å². The number of aryl methyl sites for hydroxylation is 10. The molecule has 0 saturated carbocycles. The lowest BCUT2D eigenvalue weighted by Crippen LogP contribution is -1.81. The number of fused-ring (bicyclic) bond motifs is 3. The zero-order chi connectivity index (χ0) is 71.6. The summed E-state index contributed by atoms with van der Waals surface area (Å²) in [5.41, 5.74) is 20.8. The second kappa shape index (κ2) is 60.7. The Hall–Kier alpha value is -7.80. The molecule has 0 aliphatic carbocycles. The Kier molecular flexibility index (Phi) is 61.4. The smallest absolute Gasteiger partial charge is 0.0175 e. The van der Waals surface area contributed by atoms with E-state index in [0.29, 0.717) is 0 Å². The third-order valence-corrected chi connectivity index (χ3v) is 12.6. The van der Waals surface area contributed by atoms with E-state index in [0.717, 1.165) is 0 Å². The Bertz CT molecular complexity index is 3160. The lowest BCUT2D eigenvalue weighted by atomic mass is 9.99. The van der Waals surface area contributed by atoms with Crippen molar-refractivity contribution in [3.8, 4) is 33.4 Å². The van der Waals surface area contributed by atoms with Gasteiger partial charge in [0.15, 0.2) is 0 Å². The van der Waals surface area contributed by atoms with Crippen LogP contribution in [-0.4, -0.2) is 0 Å². The van der Waals surface area contributed by atoms with Crippen molar-refractivity contribution in [3.63, 3.8) is 0 Å². The minimum Gasteiger partial charge on any atom is -0.0683 e. The predicted molar refractivity (Wildman–Crippen MR) is 433 cm³/mol. The van der Waals surface area contributed by atoms with Crippen LogP contribution in [0, 0.1) is 69.2 Å². The van der Waals surface area contributed by atoms with Crippen LogP contribution in [0.1, 0.15) is 208 Å². The highest BCUT2D eigenvalue weighted by Gasteiger charge is 2.02. The minimum absolute atomic E-state index is 1.26. The summed E-state index contributed by atoms with van der Waals surface area (Å²) in [7, 11) is 0. The molecule has 0 aliphatic rings. The van der Waals surface area contributed by atoms with E-state index < -0.39 is 0 Å². The van der Waals surface area contributed by atoms with Crippen LogP contribution in [0.25, 0.3) is 65.7 Å². The molecule has 11 rings (SSSR count). The highest BCUT2D eigenvalue weighted by molar-refractivity contribution is 5.98. The summed E-state index contributed by atoms with van der Waals surface area (Å²) in [6, 6.07) is 82.7. The molecule has 502 valence electrons. The standard InChI is InChI=1S/C20H18.C16H14.C14H14.C12H12.C8H10.11C2H6/c1-15-3-7-17(8-4-15)19-11-13-20(14-12-19)18-9-5-16(2)6-10-18;1-11-3-5-13-10-16-8-12(2)4-6-14(16)9-15(13)7-11;1-11-3-7-13(8-4-11)14-9-5-12(2)6-10-14;1-9-3-5-12-8-10(2)4-6-11(12)7-9;1-7-3-5-8(2)6-4-7;11*1-2/h3-14H,1-2H3;3-10H,1-2H3;3-10H,1-2H3;3-8H,1-2H3;3-6H,1-2H3;11*1-2H3. The minimum atomic E-state index is 1.26. The van der Waals surface area contributed by atoms with Gasteiger partial charge in [-0.2, -0.15) is 0 Å². The largest absolute Gasteiger partial charge is 0.0683 e. The summed E-state index contributed by atoms with van der Waals surface area (Å²) in [5.74, 6) is 0. The maximum atomic E-state index is 2.27. The molecule has 0 heteroatoms. The number of hydrogen-bond donors (Lipinski definition) is 0. The summed E-state index contributed by atoms with van der Waals surface area (Å²) >= 11 is 0. The topological polar surface area (TPSA) is 0 Å². The van der Waals surface area contributed by atoms with Crippen molar-refractivity contribution in [1.29, 1.82) is 0 Å². The molecule has 11 aromatic rings. The molecule has 11 aromatic carbocycles. The normalized spacial score (nSPS) is 8.65. The van der Waals surface area contributed by atoms with E-state index in [9.17, 15) is 0 Å². The molecule has 0 bridgehead atoms. The summed E-state index contributed by atoms with van der Waals surface area (Å²) in [5, 5.41) is 7.97. The summed E-state index contributed by atoms with van der Waals surface area (Å²) in [4.78, 5) is 0. The molecule has 0 unspecified atom stereocenters. The lowest BCUT2D eigenvalue weighted by molar-refractivity contribution is 1.40. The number of hydrogen-bond acceptors (Lipinski definition) is 0. The Morgan fingerprint density at radius 2 is 0.217 bits per heavy atom. The monoisotopic (exact) mass is 1240 g/mol. The maximum Gasteiger partial charge on any atom is -0.0175 e. The average molecular weight is 1240 g/mol. The first-order valence-corrected chi connectivity index (χ1v) is 35.5. The first kappa shape index (κ1) is 92.9. The van der Waals surface area contributed by atoms with Gasteiger partial charge in [0.1, 0.15) is 0 Å². The summed E-state index contributed by atoms with van der Waals surface area (Å²) in [6.07, 6.45) is 0. The van der Waals surface area contributed by atoms with Crippen LogP contribution in [0.5, 0.6) is 0 Å². The Labute approximate surface area is 570 Å². The fourth-order valence-corrected chi connectivity index (χ4v) is 8.20. The first-order valence-electron chi connectivity index (χ1n) is 35.5. The van der Waals surface area contributed by atoms with Crippen LogP contribution in [0.3, 0.4) is 0 Å². The molecule has 0 aliphatic heterocycles. The number of benzene rings is 11. The van der Waals surface area contributed by atoms with Crippen LogP contribution in [0.15, 0.2) is 231 Å². The van der Waals surface area contributed by atoms with E-state index in [4.69, 9.17) is 0 Å². The van der Waals surface area contributed by atoms with E-state index in [1.54, 1.807) is 0 Å². The molecule has 0 radical (unpaired) electrons. The van der Waals surface area contributed by atoms with Crippen LogP contribution in [0.4, 0.5) is 0 Å². The van der Waals surface area contributed by atoms with Gasteiger partial charge in [-0.05, 0) is 147 Å². The highest BCUT2D eigenvalue weighted by atomic mass is 14.1. The van der Waals surface area contributed by atoms with E-state index in [2.05, 4.69) is 300 Å². The predicted octanol–water partition coefficient (Wildman–Crippen LogP) is 31.3. The van der Waals surface area contributed by atoms with Gasteiger partial charge < -0.3 is 0 Å². The Balaban J connectivity index is -0.000000323. The number of rotatable bonds is 3. The molecule has 0 heterocycles. The Morgan fingerprint density at radius 1 is 0.109 bits per heavy atom. The van der Waals surface area contributed by atoms with E-state index in [-0.39, 0.29) is 0 Å². The molecule has 0 saturated heterocycles. The Morgan fingerprint density at radius 3 is 0.380 bits per heavy atom. The molecule has 0 amide bonds. The van der Waals surface area contributed by atoms with E-state index in [1.807, 2.05) is 152 Å². The van der Waals surface area contributed by atoms with Crippen LogP contribution in [0.2, 0.25) is 0 Å². The molecule has 0 spiro atoms. The third kappa shape index (κ3) is 37.5. The second-order valence-electron chi connectivity index (χ2n) is 19.1.